The number of aryl methyl sites for hydroxylation is 2. The number of esters is 4. The second kappa shape index (κ2) is 29.0. The van der Waals surface area contributed by atoms with Gasteiger partial charge in [-0.15, -0.1) is 0 Å². The molecule has 0 bridgehead atoms. The van der Waals surface area contributed by atoms with E-state index in [0.717, 1.165) is 80.2 Å². The Hall–Kier alpha value is -8.56. The first kappa shape index (κ1) is 62.0. The minimum Gasteiger partial charge on any atom is -0.462 e. The van der Waals surface area contributed by atoms with Crippen LogP contribution in [0.1, 0.15) is 203 Å². The SMILES string of the molecule is C=C(Oc1cc(C)c2c3c1[C@H](C)CC[C@H]3[C@H](CCC=C(C)C)C(OC(=O)c1ccccc1)C2)c1ccccc1.CC(C)=CCC[C@H](COC(=O)c1ccccc1)[C@@H]1CC[C@@H](C)c2c1cc(C)c(OC(=O)c1ccccc1)c2OC(=O)c1ccccc1. The molecule has 0 heterocycles. The quantitative estimate of drug-likeness (QED) is 0.0338. The molecule has 0 aromatic heterocycles. The van der Waals surface area contributed by atoms with Gasteiger partial charge in [0.05, 0.1) is 28.9 Å². The van der Waals surface area contributed by atoms with Crippen LogP contribution in [0.25, 0.3) is 5.76 Å². The Balaban J connectivity index is 0.000000209. The van der Waals surface area contributed by atoms with E-state index in [4.69, 9.17) is 23.7 Å². The van der Waals surface area contributed by atoms with E-state index in [1.807, 2.05) is 97.9 Å². The highest BCUT2D eigenvalue weighted by molar-refractivity contribution is 5.94. The third kappa shape index (κ3) is 15.1. The highest BCUT2D eigenvalue weighted by Gasteiger charge is 2.44. The second-order valence-electron chi connectivity index (χ2n) is 24.0. The molecule has 1 unspecified atom stereocenters. The summed E-state index contributed by atoms with van der Waals surface area (Å²) in [6, 6.07) is 50.4. The van der Waals surface area contributed by atoms with Gasteiger partial charge in [0.15, 0.2) is 11.5 Å². The van der Waals surface area contributed by atoms with Crippen molar-refractivity contribution in [3.8, 4) is 17.2 Å². The monoisotopic (exact) mass is 1150 g/mol. The Morgan fingerprint density at radius 2 is 1.02 bits per heavy atom. The van der Waals surface area contributed by atoms with Crippen LogP contribution in [0.4, 0.5) is 0 Å². The number of hydrogen-bond donors (Lipinski definition) is 0. The van der Waals surface area contributed by atoms with E-state index < -0.39 is 11.9 Å². The van der Waals surface area contributed by atoms with Gasteiger partial charge in [-0.05, 0) is 199 Å². The Morgan fingerprint density at radius 1 is 0.535 bits per heavy atom. The van der Waals surface area contributed by atoms with Crippen molar-refractivity contribution >= 4 is 29.6 Å². The third-order valence-corrected chi connectivity index (χ3v) is 17.3. The Morgan fingerprint density at radius 3 is 1.58 bits per heavy atom. The lowest BCUT2D eigenvalue weighted by Crippen LogP contribution is -2.40. The van der Waals surface area contributed by atoms with E-state index >= 15 is 0 Å². The van der Waals surface area contributed by atoms with Crippen molar-refractivity contribution in [2.75, 3.05) is 6.61 Å². The maximum Gasteiger partial charge on any atom is 0.343 e. The maximum atomic E-state index is 13.5. The normalized spacial score (nSPS) is 18.4. The molecule has 7 aromatic carbocycles. The molecule has 7 aromatic rings. The third-order valence-electron chi connectivity index (χ3n) is 17.3. The molecule has 86 heavy (non-hydrogen) atoms. The van der Waals surface area contributed by atoms with E-state index in [1.165, 1.54) is 33.4 Å². The number of carbonyl (C=O) groups is 4. The zero-order valence-electron chi connectivity index (χ0n) is 51.2. The van der Waals surface area contributed by atoms with Crippen molar-refractivity contribution in [1.29, 1.82) is 0 Å². The van der Waals surface area contributed by atoms with Crippen molar-refractivity contribution in [2.45, 2.75) is 143 Å². The fourth-order valence-corrected chi connectivity index (χ4v) is 12.9. The molecule has 9 nitrogen and oxygen atoms in total. The fourth-order valence-electron chi connectivity index (χ4n) is 12.9. The molecule has 0 amide bonds. The van der Waals surface area contributed by atoms with Gasteiger partial charge in [-0.3, -0.25) is 0 Å². The van der Waals surface area contributed by atoms with Crippen LogP contribution < -0.4 is 14.2 Å². The van der Waals surface area contributed by atoms with E-state index in [9.17, 15) is 19.2 Å². The van der Waals surface area contributed by atoms with Gasteiger partial charge < -0.3 is 23.7 Å². The van der Waals surface area contributed by atoms with Crippen LogP contribution in [0.3, 0.4) is 0 Å². The van der Waals surface area contributed by atoms with E-state index in [1.54, 1.807) is 60.7 Å². The molecule has 0 N–H and O–H groups in total. The summed E-state index contributed by atoms with van der Waals surface area (Å²) in [5.74, 6) is 1.57. The fraction of sp³-hybridized carbons (Fsp3) is 0.325. The number of ether oxygens (including phenoxy) is 5. The summed E-state index contributed by atoms with van der Waals surface area (Å²) in [6.07, 6.45) is 12.7. The molecule has 0 saturated heterocycles. The van der Waals surface area contributed by atoms with Gasteiger partial charge >= 0.3 is 23.9 Å². The maximum absolute atomic E-state index is 13.5. The minimum atomic E-state index is -0.530. The number of carbonyl (C=O) groups excluding carboxylic acids is 4. The van der Waals surface area contributed by atoms with E-state index in [0.29, 0.717) is 45.4 Å². The molecular formula is C77H82O9. The first-order valence-electron chi connectivity index (χ1n) is 30.6. The molecular weight excluding hydrogens is 1070 g/mol. The zero-order valence-corrected chi connectivity index (χ0v) is 51.2. The van der Waals surface area contributed by atoms with Crippen molar-refractivity contribution in [3.63, 3.8) is 0 Å². The van der Waals surface area contributed by atoms with Crippen LogP contribution in [-0.2, 0) is 15.9 Å². The molecule has 0 spiro atoms. The molecule has 10 rings (SSSR count). The number of rotatable bonds is 19. The molecule has 3 aliphatic carbocycles. The van der Waals surface area contributed by atoms with Crippen LogP contribution in [0.5, 0.6) is 17.2 Å². The molecule has 0 fully saturated rings. The molecule has 0 aliphatic heterocycles. The van der Waals surface area contributed by atoms with Crippen molar-refractivity contribution < 1.29 is 42.9 Å². The Kier molecular flexibility index (Phi) is 20.9. The average molecular weight is 1150 g/mol. The summed E-state index contributed by atoms with van der Waals surface area (Å²) in [5.41, 5.74) is 13.4. The van der Waals surface area contributed by atoms with Crippen LogP contribution in [0.2, 0.25) is 0 Å². The van der Waals surface area contributed by atoms with Gasteiger partial charge in [-0.25, -0.2) is 19.2 Å². The van der Waals surface area contributed by atoms with Crippen LogP contribution >= 0.6 is 0 Å². The predicted molar refractivity (Wildman–Crippen MR) is 342 cm³/mol. The molecule has 9 heteroatoms. The second-order valence-corrected chi connectivity index (χ2v) is 24.0. The van der Waals surface area contributed by atoms with Gasteiger partial charge in [-0.2, -0.15) is 0 Å². The highest BCUT2D eigenvalue weighted by Crippen LogP contribution is 2.55. The first-order chi connectivity index (χ1) is 41.6. The molecule has 7 atom stereocenters. The molecule has 0 radical (unpaired) electrons. The lowest BCUT2D eigenvalue weighted by Gasteiger charge is -2.45. The van der Waals surface area contributed by atoms with Gasteiger partial charge in [0, 0.05) is 34.9 Å². The highest BCUT2D eigenvalue weighted by atomic mass is 16.6. The zero-order chi connectivity index (χ0) is 60.9. The van der Waals surface area contributed by atoms with Gasteiger partial charge in [0.1, 0.15) is 17.6 Å². The summed E-state index contributed by atoms with van der Waals surface area (Å²) in [5, 5.41) is 0. The lowest BCUT2D eigenvalue weighted by atomic mass is 9.62. The summed E-state index contributed by atoms with van der Waals surface area (Å²) in [6.45, 7) is 21.4. The molecule has 444 valence electrons. The number of hydrogen-bond acceptors (Lipinski definition) is 9. The minimum absolute atomic E-state index is 0.0132. The van der Waals surface area contributed by atoms with Gasteiger partial charge in [0.25, 0.3) is 0 Å². The summed E-state index contributed by atoms with van der Waals surface area (Å²) < 4.78 is 31.0. The van der Waals surface area contributed by atoms with Crippen LogP contribution in [0.15, 0.2) is 194 Å². The van der Waals surface area contributed by atoms with E-state index in [-0.39, 0.29) is 59.8 Å². The largest absolute Gasteiger partial charge is 0.462 e. The first-order valence-corrected chi connectivity index (χ1v) is 30.6. The smallest absolute Gasteiger partial charge is 0.343 e. The average Bonchev–Trinajstić information content (AvgIpc) is 0.819. The number of fused-ring (bicyclic) bond motifs is 1. The van der Waals surface area contributed by atoms with Crippen LogP contribution in [-0.4, -0.2) is 36.6 Å². The Labute approximate surface area is 509 Å². The van der Waals surface area contributed by atoms with Crippen molar-refractivity contribution in [1.82, 2.24) is 0 Å². The van der Waals surface area contributed by atoms with Gasteiger partial charge in [0.2, 0.25) is 0 Å². The topological polar surface area (TPSA) is 114 Å². The van der Waals surface area contributed by atoms with Crippen molar-refractivity contribution in [2.24, 2.45) is 11.8 Å². The lowest BCUT2D eigenvalue weighted by molar-refractivity contribution is 0.00277. The van der Waals surface area contributed by atoms with Crippen LogP contribution in [0, 0.1) is 25.7 Å². The standard InChI is InChI=1S/C41H42O6.C36H40O3/c1-27(2)15-14-22-33(26-45-39(42)30-16-8-5-9-17-30)34-24-23-28(3)36-35(34)25-29(4)37(46-40(43)31-18-10-6-11-19-31)38(36)47-41(44)32-20-12-7-13-21-32;1-23(2)13-12-18-29-30-20-19-24(3)34-33(38-26(5)27-14-8-6-9-15-27)21-25(4)31(35(30)34)22-32(29)39-36(37)28-16-10-7-11-17-28/h5-13,15-21,25,28,33-34H,14,22-24,26H2,1-4H3;6-11,13-17,21,24,29-30,32H,5,12,18-20,22H2,1-4H3/t28-,33-,34+;24-,29+,30+,32?/m11/s1. The van der Waals surface area contributed by atoms with E-state index in [2.05, 4.69) is 79.3 Å². The summed E-state index contributed by atoms with van der Waals surface area (Å²) in [7, 11) is 0. The van der Waals surface area contributed by atoms with Gasteiger partial charge in [-0.1, -0.05) is 153 Å². The molecule has 3 aliphatic rings. The summed E-state index contributed by atoms with van der Waals surface area (Å²) >= 11 is 0. The number of benzene rings is 7. The Bertz CT molecular complexity index is 3560. The summed E-state index contributed by atoms with van der Waals surface area (Å²) in [4.78, 5) is 53.1. The number of allylic oxidation sites excluding steroid dienone is 4. The molecule has 0 saturated carbocycles. The predicted octanol–water partition coefficient (Wildman–Crippen LogP) is 18.8. The van der Waals surface area contributed by atoms with Crippen molar-refractivity contribution in [3.05, 3.63) is 260 Å².